The van der Waals surface area contributed by atoms with Crippen molar-refractivity contribution in [1.29, 1.82) is 0 Å². The second-order valence-corrected chi connectivity index (χ2v) is 13.1. The highest BCUT2D eigenvalue weighted by Crippen LogP contribution is 2.53. The number of carbonyl (C=O) groups is 2. The van der Waals surface area contributed by atoms with Crippen LogP contribution in [-0.4, -0.2) is 67.1 Å². The minimum Gasteiger partial charge on any atom is -0.390 e. The molecule has 11 heteroatoms. The fourth-order valence-electron chi connectivity index (χ4n) is 6.64. The number of ether oxygens (including phenoxy) is 1. The zero-order valence-corrected chi connectivity index (χ0v) is 24.6. The molecule has 1 saturated heterocycles. The van der Waals surface area contributed by atoms with Crippen LogP contribution >= 0.6 is 11.3 Å². The van der Waals surface area contributed by atoms with Crippen molar-refractivity contribution >= 4 is 38.5 Å². The van der Waals surface area contributed by atoms with Crippen molar-refractivity contribution < 1.29 is 19.4 Å². The lowest BCUT2D eigenvalue weighted by Crippen LogP contribution is -2.51. The van der Waals surface area contributed by atoms with E-state index >= 15 is 0 Å². The van der Waals surface area contributed by atoms with E-state index in [2.05, 4.69) is 25.3 Å². The minimum absolute atomic E-state index is 0.0155. The van der Waals surface area contributed by atoms with E-state index in [1.807, 2.05) is 35.2 Å². The summed E-state index contributed by atoms with van der Waals surface area (Å²) in [4.78, 5) is 45.4. The lowest BCUT2D eigenvalue weighted by Gasteiger charge is -2.51. The van der Waals surface area contributed by atoms with Crippen LogP contribution in [-0.2, 0) is 16.1 Å². The number of piperidine rings is 1. The van der Waals surface area contributed by atoms with Crippen LogP contribution in [0, 0.1) is 11.3 Å². The van der Waals surface area contributed by atoms with Crippen molar-refractivity contribution in [1.82, 2.24) is 24.8 Å². The third-order valence-electron chi connectivity index (χ3n) is 9.23. The molecule has 222 valence electrons. The lowest BCUT2D eigenvalue weighted by atomic mass is 9.57. The van der Waals surface area contributed by atoms with Crippen molar-refractivity contribution in [2.45, 2.75) is 63.8 Å². The van der Waals surface area contributed by atoms with Gasteiger partial charge in [0.2, 0.25) is 5.91 Å². The summed E-state index contributed by atoms with van der Waals surface area (Å²) in [6, 6.07) is 11.4. The van der Waals surface area contributed by atoms with Gasteiger partial charge in [-0.15, -0.1) is 0 Å². The molecule has 2 aliphatic carbocycles. The molecule has 0 unspecified atom stereocenters. The standard InChI is InChI=1S/C32H34N6O4S/c39-25-5-3-6-26(25)42-19-28-34-17-22(18-35-28)20-7-8-23-27(14-20)43-31(36-23)37-29(40)21-15-32(16-21)9-12-38(13-10-32)30(41)24-4-1-2-11-33-24/h1-2,4,7-8,11,14,17-18,21,25-26,39H,3,5-6,9-10,12-13,15-16,19H2,(H,36,37,40)/t25-,26-/m0/s1. The fraction of sp³-hybridized carbons (Fsp3) is 0.438. The summed E-state index contributed by atoms with van der Waals surface area (Å²) in [6.07, 6.45) is 10.9. The zero-order chi connectivity index (χ0) is 29.4. The number of aliphatic hydroxyl groups is 1. The number of benzene rings is 1. The van der Waals surface area contributed by atoms with Crippen LogP contribution in [0.25, 0.3) is 21.3 Å². The van der Waals surface area contributed by atoms with E-state index in [1.54, 1.807) is 24.7 Å². The maximum absolute atomic E-state index is 13.1. The highest BCUT2D eigenvalue weighted by Gasteiger charge is 2.49. The zero-order valence-electron chi connectivity index (χ0n) is 23.8. The molecule has 2 amide bonds. The van der Waals surface area contributed by atoms with Gasteiger partial charge in [0.05, 0.1) is 22.4 Å². The van der Waals surface area contributed by atoms with Crippen LogP contribution in [0.1, 0.15) is 61.3 Å². The van der Waals surface area contributed by atoms with Crippen LogP contribution in [0.4, 0.5) is 5.13 Å². The van der Waals surface area contributed by atoms with Gasteiger partial charge in [0, 0.05) is 43.2 Å². The van der Waals surface area contributed by atoms with E-state index in [-0.39, 0.29) is 35.9 Å². The Balaban J connectivity index is 0.918. The molecule has 7 rings (SSSR count). The normalized spacial score (nSPS) is 21.7. The summed E-state index contributed by atoms with van der Waals surface area (Å²) in [5.41, 5.74) is 3.33. The van der Waals surface area contributed by atoms with Crippen molar-refractivity contribution in [2.24, 2.45) is 11.3 Å². The quantitative estimate of drug-likeness (QED) is 0.309. The first-order valence-corrected chi connectivity index (χ1v) is 15.8. The van der Waals surface area contributed by atoms with Crippen LogP contribution in [0.3, 0.4) is 0 Å². The number of aliphatic hydroxyl groups excluding tert-OH is 1. The first-order valence-electron chi connectivity index (χ1n) is 15.0. The number of hydrogen-bond donors (Lipinski definition) is 2. The number of fused-ring (bicyclic) bond motifs is 1. The maximum Gasteiger partial charge on any atom is 0.272 e. The average molecular weight is 599 g/mol. The number of pyridine rings is 1. The Morgan fingerprint density at radius 3 is 2.58 bits per heavy atom. The molecule has 0 bridgehead atoms. The molecule has 2 saturated carbocycles. The topological polar surface area (TPSA) is 130 Å². The minimum atomic E-state index is -0.398. The van der Waals surface area contributed by atoms with Gasteiger partial charge in [-0.25, -0.2) is 15.0 Å². The van der Waals surface area contributed by atoms with Gasteiger partial charge in [0.1, 0.15) is 12.3 Å². The summed E-state index contributed by atoms with van der Waals surface area (Å²) in [5.74, 6) is 0.566. The molecule has 1 aliphatic heterocycles. The number of amides is 2. The Morgan fingerprint density at radius 2 is 1.86 bits per heavy atom. The molecule has 3 aromatic heterocycles. The number of thiazole rings is 1. The fourth-order valence-corrected chi connectivity index (χ4v) is 7.55. The second-order valence-electron chi connectivity index (χ2n) is 12.0. The van der Waals surface area contributed by atoms with E-state index in [4.69, 9.17) is 4.74 Å². The van der Waals surface area contributed by atoms with Gasteiger partial charge >= 0.3 is 0 Å². The molecule has 10 nitrogen and oxygen atoms in total. The molecule has 2 atom stereocenters. The van der Waals surface area contributed by atoms with E-state index < -0.39 is 6.10 Å². The van der Waals surface area contributed by atoms with E-state index in [0.717, 1.165) is 66.3 Å². The summed E-state index contributed by atoms with van der Waals surface area (Å²) < 4.78 is 6.77. The van der Waals surface area contributed by atoms with Gasteiger partial charge in [0.25, 0.3) is 5.91 Å². The SMILES string of the molecule is O=C(Nc1nc2ccc(-c3cnc(CO[C@H]4CCC[C@@H]4O)nc3)cc2s1)C1CC2(CCN(C(=O)c3ccccn3)CC2)C1. The molecule has 0 radical (unpaired) electrons. The Hall–Kier alpha value is -3.80. The maximum atomic E-state index is 13.1. The molecular formula is C32H34N6O4S. The molecule has 3 aliphatic rings. The summed E-state index contributed by atoms with van der Waals surface area (Å²) in [5, 5.41) is 13.6. The van der Waals surface area contributed by atoms with Gasteiger partial charge in [-0.3, -0.25) is 14.6 Å². The van der Waals surface area contributed by atoms with Crippen LogP contribution in [0.15, 0.2) is 55.0 Å². The number of nitrogens with one attached hydrogen (secondary N) is 1. The van der Waals surface area contributed by atoms with Crippen LogP contribution in [0.2, 0.25) is 0 Å². The third-order valence-corrected chi connectivity index (χ3v) is 10.2. The molecule has 43 heavy (non-hydrogen) atoms. The number of hydrogen-bond acceptors (Lipinski definition) is 9. The summed E-state index contributed by atoms with van der Waals surface area (Å²) in [7, 11) is 0. The Labute approximate surface area is 253 Å². The van der Waals surface area contributed by atoms with Crippen molar-refractivity contribution in [3.05, 3.63) is 66.5 Å². The number of likely N-dealkylation sites (tertiary alicyclic amines) is 1. The lowest BCUT2D eigenvalue weighted by molar-refractivity contribution is -0.129. The predicted molar refractivity (Wildman–Crippen MR) is 162 cm³/mol. The number of nitrogens with zero attached hydrogens (tertiary/aromatic N) is 5. The predicted octanol–water partition coefficient (Wildman–Crippen LogP) is 4.85. The molecule has 4 heterocycles. The van der Waals surface area contributed by atoms with Gasteiger partial charge < -0.3 is 20.1 Å². The Bertz CT molecular complexity index is 1610. The van der Waals surface area contributed by atoms with E-state index in [9.17, 15) is 14.7 Å². The monoisotopic (exact) mass is 598 g/mol. The first kappa shape index (κ1) is 28.0. The van der Waals surface area contributed by atoms with Crippen LogP contribution < -0.4 is 5.32 Å². The molecule has 1 spiro atoms. The third kappa shape index (κ3) is 5.89. The molecule has 2 N–H and O–H groups in total. The number of anilines is 1. The molecule has 4 aromatic rings. The van der Waals surface area contributed by atoms with Gasteiger partial charge in [-0.05, 0) is 80.2 Å². The van der Waals surface area contributed by atoms with E-state index in [1.165, 1.54) is 11.3 Å². The number of carbonyl (C=O) groups excluding carboxylic acids is 2. The molecular weight excluding hydrogens is 564 g/mol. The van der Waals surface area contributed by atoms with Crippen LogP contribution in [0.5, 0.6) is 0 Å². The molecule has 1 aromatic carbocycles. The first-order chi connectivity index (χ1) is 20.9. The van der Waals surface area contributed by atoms with Crippen molar-refractivity contribution in [2.75, 3.05) is 18.4 Å². The second kappa shape index (κ2) is 11.7. The highest BCUT2D eigenvalue weighted by atomic mass is 32.1. The number of aromatic nitrogens is 4. The van der Waals surface area contributed by atoms with Gasteiger partial charge in [-0.1, -0.05) is 23.5 Å². The smallest absolute Gasteiger partial charge is 0.272 e. The van der Waals surface area contributed by atoms with Crippen molar-refractivity contribution in [3.8, 4) is 11.1 Å². The summed E-state index contributed by atoms with van der Waals surface area (Å²) in [6.45, 7) is 1.69. The van der Waals surface area contributed by atoms with Gasteiger partial charge in [-0.2, -0.15) is 0 Å². The highest BCUT2D eigenvalue weighted by molar-refractivity contribution is 7.22. The summed E-state index contributed by atoms with van der Waals surface area (Å²) >= 11 is 1.46. The largest absolute Gasteiger partial charge is 0.390 e. The van der Waals surface area contributed by atoms with Gasteiger partial charge in [0.15, 0.2) is 11.0 Å². The molecule has 3 fully saturated rings. The number of rotatable bonds is 7. The Morgan fingerprint density at radius 1 is 1.05 bits per heavy atom. The van der Waals surface area contributed by atoms with E-state index in [0.29, 0.717) is 29.7 Å². The Kier molecular flexibility index (Phi) is 7.62. The van der Waals surface area contributed by atoms with Crippen molar-refractivity contribution in [3.63, 3.8) is 0 Å². The average Bonchev–Trinajstić information content (AvgIpc) is 3.63.